The molecule has 1 N–H and O–H groups in total. The molecule has 0 fully saturated rings. The summed E-state index contributed by atoms with van der Waals surface area (Å²) in [5, 5.41) is 7.13. The van der Waals surface area contributed by atoms with Crippen LogP contribution in [0.2, 0.25) is 0 Å². The van der Waals surface area contributed by atoms with Gasteiger partial charge in [-0.15, -0.1) is 11.3 Å². The van der Waals surface area contributed by atoms with E-state index >= 15 is 0 Å². The quantitative estimate of drug-likeness (QED) is 0.525. The SMILES string of the molecule is CCCCCC(CCCCC)NCC(C)c1nccs1. The van der Waals surface area contributed by atoms with E-state index in [2.05, 4.69) is 36.5 Å². The van der Waals surface area contributed by atoms with Crippen LogP contribution in [0.5, 0.6) is 0 Å². The molecule has 0 aliphatic heterocycles. The average Bonchev–Trinajstić information content (AvgIpc) is 2.98. The number of nitrogens with zero attached hydrogens (tertiary/aromatic N) is 1. The van der Waals surface area contributed by atoms with E-state index in [-0.39, 0.29) is 0 Å². The minimum atomic E-state index is 0.537. The Balaban J connectivity index is 2.30. The zero-order valence-corrected chi connectivity index (χ0v) is 14.3. The smallest absolute Gasteiger partial charge is 0.0965 e. The summed E-state index contributed by atoms with van der Waals surface area (Å²) in [6.45, 7) is 7.91. The summed E-state index contributed by atoms with van der Waals surface area (Å²) in [6, 6.07) is 0.704. The molecular formula is C17H32N2S. The first-order valence-corrected chi connectivity index (χ1v) is 9.28. The second-order valence-electron chi connectivity index (χ2n) is 5.87. The van der Waals surface area contributed by atoms with E-state index in [0.29, 0.717) is 12.0 Å². The standard InChI is InChI=1S/C17H32N2S/c1-4-6-8-10-16(11-9-7-5-2)19-14-15(3)17-18-12-13-20-17/h12-13,15-16,19H,4-11,14H2,1-3H3. The molecule has 0 saturated heterocycles. The fourth-order valence-corrected chi connectivity index (χ4v) is 3.24. The highest BCUT2D eigenvalue weighted by molar-refractivity contribution is 7.09. The summed E-state index contributed by atoms with van der Waals surface area (Å²) in [6.07, 6.45) is 12.7. The van der Waals surface area contributed by atoms with Gasteiger partial charge < -0.3 is 5.32 Å². The van der Waals surface area contributed by atoms with Crippen LogP contribution in [0.25, 0.3) is 0 Å². The van der Waals surface area contributed by atoms with Crippen molar-refractivity contribution in [2.45, 2.75) is 84.1 Å². The number of rotatable bonds is 12. The number of thiazole rings is 1. The third-order valence-electron chi connectivity index (χ3n) is 3.90. The molecule has 1 aromatic heterocycles. The van der Waals surface area contributed by atoms with Crippen molar-refractivity contribution < 1.29 is 0 Å². The van der Waals surface area contributed by atoms with E-state index in [1.165, 1.54) is 56.4 Å². The molecule has 20 heavy (non-hydrogen) atoms. The Morgan fingerprint density at radius 1 is 1.10 bits per heavy atom. The summed E-state index contributed by atoms with van der Waals surface area (Å²) < 4.78 is 0. The van der Waals surface area contributed by atoms with Crippen molar-refractivity contribution in [2.24, 2.45) is 0 Å². The van der Waals surface area contributed by atoms with Crippen LogP contribution in [0, 0.1) is 0 Å². The molecule has 1 heterocycles. The highest BCUT2D eigenvalue weighted by Crippen LogP contribution is 2.18. The molecule has 0 aliphatic carbocycles. The highest BCUT2D eigenvalue weighted by atomic mass is 32.1. The van der Waals surface area contributed by atoms with Crippen LogP contribution in [0.4, 0.5) is 0 Å². The van der Waals surface area contributed by atoms with Crippen LogP contribution in [0.15, 0.2) is 11.6 Å². The van der Waals surface area contributed by atoms with Gasteiger partial charge in [-0.2, -0.15) is 0 Å². The Kier molecular flexibility index (Phi) is 9.94. The van der Waals surface area contributed by atoms with Gasteiger partial charge in [0, 0.05) is 30.1 Å². The van der Waals surface area contributed by atoms with Crippen molar-refractivity contribution in [1.29, 1.82) is 0 Å². The van der Waals surface area contributed by atoms with Crippen LogP contribution in [0.1, 0.15) is 83.1 Å². The largest absolute Gasteiger partial charge is 0.313 e. The van der Waals surface area contributed by atoms with E-state index < -0.39 is 0 Å². The zero-order valence-electron chi connectivity index (χ0n) is 13.5. The van der Waals surface area contributed by atoms with Gasteiger partial charge in [-0.3, -0.25) is 0 Å². The third-order valence-corrected chi connectivity index (χ3v) is 4.91. The van der Waals surface area contributed by atoms with Crippen LogP contribution in [0.3, 0.4) is 0 Å². The zero-order chi connectivity index (χ0) is 14.6. The molecule has 0 aliphatic rings. The molecule has 0 aromatic carbocycles. The van der Waals surface area contributed by atoms with Crippen LogP contribution >= 0.6 is 11.3 Å². The fourth-order valence-electron chi connectivity index (χ4n) is 2.54. The maximum absolute atomic E-state index is 4.42. The Morgan fingerprint density at radius 3 is 2.25 bits per heavy atom. The molecule has 0 spiro atoms. The van der Waals surface area contributed by atoms with E-state index in [1.54, 1.807) is 11.3 Å². The lowest BCUT2D eigenvalue weighted by Crippen LogP contribution is -2.32. The Bertz CT molecular complexity index is 301. The number of hydrogen-bond acceptors (Lipinski definition) is 3. The summed E-state index contributed by atoms with van der Waals surface area (Å²) in [5.74, 6) is 0.537. The maximum Gasteiger partial charge on any atom is 0.0965 e. The summed E-state index contributed by atoms with van der Waals surface area (Å²) in [7, 11) is 0. The fraction of sp³-hybridized carbons (Fsp3) is 0.824. The Morgan fingerprint density at radius 2 is 1.75 bits per heavy atom. The normalized spacial score (nSPS) is 13.0. The molecule has 1 atom stereocenters. The molecule has 2 nitrogen and oxygen atoms in total. The van der Waals surface area contributed by atoms with Gasteiger partial charge in [-0.05, 0) is 12.8 Å². The molecule has 1 unspecified atom stereocenters. The Labute approximate surface area is 129 Å². The van der Waals surface area contributed by atoms with Gasteiger partial charge in [0.25, 0.3) is 0 Å². The molecule has 0 saturated carbocycles. The molecular weight excluding hydrogens is 264 g/mol. The van der Waals surface area contributed by atoms with Gasteiger partial charge >= 0.3 is 0 Å². The topological polar surface area (TPSA) is 24.9 Å². The van der Waals surface area contributed by atoms with Crippen LogP contribution in [-0.2, 0) is 0 Å². The van der Waals surface area contributed by atoms with Crippen molar-refractivity contribution in [3.05, 3.63) is 16.6 Å². The van der Waals surface area contributed by atoms with E-state index in [1.807, 2.05) is 6.20 Å². The molecule has 1 rings (SSSR count). The van der Waals surface area contributed by atoms with Gasteiger partial charge in [-0.1, -0.05) is 59.3 Å². The van der Waals surface area contributed by atoms with Gasteiger partial charge in [-0.25, -0.2) is 4.98 Å². The van der Waals surface area contributed by atoms with Gasteiger partial charge in [0.05, 0.1) is 5.01 Å². The van der Waals surface area contributed by atoms with Crippen molar-refractivity contribution in [3.63, 3.8) is 0 Å². The molecule has 1 aromatic rings. The van der Waals surface area contributed by atoms with Crippen LogP contribution in [-0.4, -0.2) is 17.6 Å². The van der Waals surface area contributed by atoms with Gasteiger partial charge in [0.1, 0.15) is 0 Å². The average molecular weight is 297 g/mol. The van der Waals surface area contributed by atoms with Gasteiger partial charge in [0.2, 0.25) is 0 Å². The lowest BCUT2D eigenvalue weighted by molar-refractivity contribution is 0.409. The minimum absolute atomic E-state index is 0.537. The molecule has 0 bridgehead atoms. The predicted molar refractivity (Wildman–Crippen MR) is 90.6 cm³/mol. The highest BCUT2D eigenvalue weighted by Gasteiger charge is 2.12. The van der Waals surface area contributed by atoms with E-state index in [0.717, 1.165) is 6.54 Å². The monoisotopic (exact) mass is 296 g/mol. The Hall–Kier alpha value is -0.410. The van der Waals surface area contributed by atoms with Crippen LogP contribution < -0.4 is 5.32 Å². The third kappa shape index (κ3) is 7.39. The first kappa shape index (κ1) is 17.6. The number of unbranched alkanes of at least 4 members (excludes halogenated alkanes) is 4. The van der Waals surface area contributed by atoms with Crippen molar-refractivity contribution in [3.8, 4) is 0 Å². The number of hydrogen-bond donors (Lipinski definition) is 1. The maximum atomic E-state index is 4.42. The molecule has 0 radical (unpaired) electrons. The summed E-state index contributed by atoms with van der Waals surface area (Å²) >= 11 is 1.77. The second kappa shape index (κ2) is 11.3. The van der Waals surface area contributed by atoms with Gasteiger partial charge in [0.15, 0.2) is 0 Å². The second-order valence-corrected chi connectivity index (χ2v) is 6.79. The number of aromatic nitrogens is 1. The van der Waals surface area contributed by atoms with E-state index in [9.17, 15) is 0 Å². The molecule has 116 valence electrons. The lowest BCUT2D eigenvalue weighted by atomic mass is 10.0. The van der Waals surface area contributed by atoms with Crippen molar-refractivity contribution in [2.75, 3.05) is 6.54 Å². The minimum Gasteiger partial charge on any atom is -0.313 e. The first-order valence-electron chi connectivity index (χ1n) is 8.40. The number of nitrogens with one attached hydrogen (secondary N) is 1. The van der Waals surface area contributed by atoms with E-state index in [4.69, 9.17) is 0 Å². The molecule has 0 amide bonds. The first-order chi connectivity index (χ1) is 9.77. The summed E-state index contributed by atoms with van der Waals surface area (Å²) in [4.78, 5) is 4.42. The summed E-state index contributed by atoms with van der Waals surface area (Å²) in [5.41, 5.74) is 0. The van der Waals surface area contributed by atoms with Crippen molar-refractivity contribution >= 4 is 11.3 Å². The predicted octanol–water partition coefficient (Wildman–Crippen LogP) is 5.37. The lowest BCUT2D eigenvalue weighted by Gasteiger charge is -2.20. The van der Waals surface area contributed by atoms with Crippen molar-refractivity contribution in [1.82, 2.24) is 10.3 Å². The molecule has 3 heteroatoms.